The van der Waals surface area contributed by atoms with Crippen LogP contribution in [-0.2, 0) is 0 Å². The minimum atomic E-state index is -0.0673. The molecule has 0 saturated carbocycles. The van der Waals surface area contributed by atoms with Gasteiger partial charge in [-0.05, 0) is 42.3 Å². The van der Waals surface area contributed by atoms with Crippen molar-refractivity contribution in [2.24, 2.45) is 5.92 Å². The van der Waals surface area contributed by atoms with Gasteiger partial charge in [-0.15, -0.1) is 0 Å². The normalized spacial score (nSPS) is 12.3. The molecule has 1 atom stereocenters. The monoisotopic (exact) mass is 426 g/mol. The standard InChI is InChI=1S/C24H22N6O2/c1-14(13-31)8-22(32)21-10-15-2-3-16(11-20(15)28-21)24-25-7-6-23(29-24)27-18-4-5-19-17(9-18)12-26-30-19/h2-7,9-12,14,28,31H,8,13H2,1H3,(H,26,30)(H,25,27,29). The molecule has 0 saturated heterocycles. The van der Waals surface area contributed by atoms with E-state index in [9.17, 15) is 9.90 Å². The van der Waals surface area contributed by atoms with E-state index in [4.69, 9.17) is 0 Å². The Balaban J connectivity index is 1.40. The number of benzene rings is 2. The molecule has 0 radical (unpaired) electrons. The number of fused-ring (bicyclic) bond motifs is 2. The number of ketones is 1. The fourth-order valence-corrected chi connectivity index (χ4v) is 3.64. The minimum Gasteiger partial charge on any atom is -0.396 e. The van der Waals surface area contributed by atoms with Gasteiger partial charge in [0.1, 0.15) is 5.82 Å². The second-order valence-corrected chi connectivity index (χ2v) is 7.96. The summed E-state index contributed by atoms with van der Waals surface area (Å²) in [5.41, 5.74) is 4.11. The number of H-pyrrole nitrogens is 2. The van der Waals surface area contributed by atoms with Gasteiger partial charge in [0.2, 0.25) is 0 Å². The Morgan fingerprint density at radius 3 is 2.88 bits per heavy atom. The SMILES string of the molecule is CC(CO)CC(=O)c1cc2ccc(-c3nccc(Nc4ccc5[nH]ncc5c4)n3)cc2[nH]1. The van der Waals surface area contributed by atoms with E-state index in [0.717, 1.165) is 33.1 Å². The highest BCUT2D eigenvalue weighted by Crippen LogP contribution is 2.25. The van der Waals surface area contributed by atoms with Crippen LogP contribution in [0.3, 0.4) is 0 Å². The number of anilines is 2. The maximum absolute atomic E-state index is 12.4. The van der Waals surface area contributed by atoms with E-state index >= 15 is 0 Å². The number of carbonyl (C=O) groups excluding carboxylic acids is 1. The number of nitrogens with one attached hydrogen (secondary N) is 3. The lowest BCUT2D eigenvalue weighted by molar-refractivity contribution is 0.0939. The summed E-state index contributed by atoms with van der Waals surface area (Å²) in [6.07, 6.45) is 3.80. The molecule has 1 unspecified atom stereocenters. The van der Waals surface area contributed by atoms with Gasteiger partial charge in [-0.2, -0.15) is 5.10 Å². The molecule has 8 heteroatoms. The van der Waals surface area contributed by atoms with E-state index in [1.54, 1.807) is 12.4 Å². The van der Waals surface area contributed by atoms with Crippen molar-refractivity contribution in [1.29, 1.82) is 0 Å². The van der Waals surface area contributed by atoms with Gasteiger partial charge < -0.3 is 15.4 Å². The molecule has 0 aliphatic rings. The van der Waals surface area contributed by atoms with Crippen molar-refractivity contribution in [3.05, 3.63) is 66.6 Å². The molecular formula is C24H22N6O2. The van der Waals surface area contributed by atoms with E-state index in [1.807, 2.05) is 55.5 Å². The smallest absolute Gasteiger partial charge is 0.179 e. The molecule has 8 nitrogen and oxygen atoms in total. The largest absolute Gasteiger partial charge is 0.396 e. The predicted octanol–water partition coefficient (Wildman–Crippen LogP) is 4.45. The maximum atomic E-state index is 12.4. The van der Waals surface area contributed by atoms with Crippen molar-refractivity contribution in [3.8, 4) is 11.4 Å². The molecule has 0 fully saturated rings. The second-order valence-electron chi connectivity index (χ2n) is 7.96. The summed E-state index contributed by atoms with van der Waals surface area (Å²) in [5.74, 6) is 1.18. The van der Waals surface area contributed by atoms with E-state index < -0.39 is 0 Å². The Labute approximate surface area is 183 Å². The van der Waals surface area contributed by atoms with Gasteiger partial charge >= 0.3 is 0 Å². The first-order valence-electron chi connectivity index (χ1n) is 10.4. The Morgan fingerprint density at radius 2 is 2.00 bits per heavy atom. The summed E-state index contributed by atoms with van der Waals surface area (Å²) in [7, 11) is 0. The zero-order valence-electron chi connectivity index (χ0n) is 17.5. The molecule has 5 rings (SSSR count). The molecule has 0 amide bonds. The van der Waals surface area contributed by atoms with Crippen molar-refractivity contribution in [2.75, 3.05) is 11.9 Å². The van der Waals surface area contributed by atoms with E-state index in [1.165, 1.54) is 0 Å². The average molecular weight is 426 g/mol. The van der Waals surface area contributed by atoms with E-state index in [2.05, 4.69) is 30.5 Å². The minimum absolute atomic E-state index is 0.00618. The van der Waals surface area contributed by atoms with Crippen LogP contribution in [-0.4, -0.2) is 42.6 Å². The molecule has 5 aromatic rings. The number of aromatic amines is 2. The van der Waals surface area contributed by atoms with Gasteiger partial charge in [0, 0.05) is 46.8 Å². The van der Waals surface area contributed by atoms with Crippen molar-refractivity contribution >= 4 is 39.1 Å². The van der Waals surface area contributed by atoms with Crippen LogP contribution in [0, 0.1) is 5.92 Å². The van der Waals surface area contributed by atoms with Crippen LogP contribution in [0.1, 0.15) is 23.8 Å². The molecule has 2 aromatic carbocycles. The first-order chi connectivity index (χ1) is 15.6. The molecular weight excluding hydrogens is 404 g/mol. The van der Waals surface area contributed by atoms with Gasteiger partial charge in [-0.3, -0.25) is 9.89 Å². The van der Waals surface area contributed by atoms with Gasteiger partial charge in [0.15, 0.2) is 11.6 Å². The van der Waals surface area contributed by atoms with Crippen LogP contribution in [0.2, 0.25) is 0 Å². The molecule has 0 spiro atoms. The highest BCUT2D eigenvalue weighted by atomic mass is 16.3. The lowest BCUT2D eigenvalue weighted by Crippen LogP contribution is -2.09. The van der Waals surface area contributed by atoms with Crippen molar-refractivity contribution in [2.45, 2.75) is 13.3 Å². The summed E-state index contributed by atoms with van der Waals surface area (Å²) in [6.45, 7) is 1.85. The zero-order chi connectivity index (χ0) is 22.1. The number of carbonyl (C=O) groups is 1. The number of nitrogens with zero attached hydrogens (tertiary/aromatic N) is 3. The molecule has 32 heavy (non-hydrogen) atoms. The van der Waals surface area contributed by atoms with Crippen molar-refractivity contribution < 1.29 is 9.90 Å². The maximum Gasteiger partial charge on any atom is 0.179 e. The Bertz CT molecular complexity index is 1420. The molecule has 160 valence electrons. The van der Waals surface area contributed by atoms with Crippen LogP contribution in [0.25, 0.3) is 33.2 Å². The quantitative estimate of drug-likeness (QED) is 0.286. The number of hydrogen-bond acceptors (Lipinski definition) is 6. The van der Waals surface area contributed by atoms with Gasteiger partial charge in [0.05, 0.1) is 17.4 Å². The third kappa shape index (κ3) is 3.95. The van der Waals surface area contributed by atoms with Crippen LogP contribution >= 0.6 is 0 Å². The average Bonchev–Trinajstić information content (AvgIpc) is 3.45. The summed E-state index contributed by atoms with van der Waals surface area (Å²) < 4.78 is 0. The molecule has 0 aliphatic heterocycles. The number of aromatic nitrogens is 5. The first-order valence-corrected chi connectivity index (χ1v) is 10.4. The summed E-state index contributed by atoms with van der Waals surface area (Å²) in [5, 5.41) is 21.4. The second kappa shape index (κ2) is 8.24. The molecule has 3 aromatic heterocycles. The van der Waals surface area contributed by atoms with E-state index in [0.29, 0.717) is 23.8 Å². The third-order valence-electron chi connectivity index (χ3n) is 5.39. The van der Waals surface area contributed by atoms with Gasteiger partial charge in [-0.25, -0.2) is 9.97 Å². The van der Waals surface area contributed by atoms with Crippen molar-refractivity contribution in [3.63, 3.8) is 0 Å². The summed E-state index contributed by atoms with van der Waals surface area (Å²) in [6, 6.07) is 15.4. The number of aliphatic hydroxyl groups excluding tert-OH is 1. The van der Waals surface area contributed by atoms with Crippen LogP contribution in [0.4, 0.5) is 11.5 Å². The predicted molar refractivity (Wildman–Crippen MR) is 124 cm³/mol. The molecule has 0 bridgehead atoms. The summed E-state index contributed by atoms with van der Waals surface area (Å²) in [4.78, 5) is 24.7. The van der Waals surface area contributed by atoms with Gasteiger partial charge in [-0.1, -0.05) is 19.1 Å². The highest BCUT2D eigenvalue weighted by Gasteiger charge is 2.14. The number of hydrogen-bond donors (Lipinski definition) is 4. The lowest BCUT2D eigenvalue weighted by atomic mass is 10.0. The number of aliphatic hydroxyl groups is 1. The Hall–Kier alpha value is -4.04. The number of rotatable bonds is 7. The molecule has 3 heterocycles. The third-order valence-corrected chi connectivity index (χ3v) is 5.39. The first kappa shape index (κ1) is 19.9. The van der Waals surface area contributed by atoms with Gasteiger partial charge in [0.25, 0.3) is 0 Å². The fraction of sp³-hybridized carbons (Fsp3) is 0.167. The van der Waals surface area contributed by atoms with Crippen LogP contribution in [0.5, 0.6) is 0 Å². The lowest BCUT2D eigenvalue weighted by Gasteiger charge is -2.07. The highest BCUT2D eigenvalue weighted by molar-refractivity contribution is 6.00. The fourth-order valence-electron chi connectivity index (χ4n) is 3.64. The Morgan fingerprint density at radius 1 is 1.09 bits per heavy atom. The van der Waals surface area contributed by atoms with Crippen LogP contribution < -0.4 is 5.32 Å². The number of Topliss-reactive ketones (excluding diaryl/α,β-unsaturated/α-hetero) is 1. The van der Waals surface area contributed by atoms with Crippen LogP contribution in [0.15, 0.2) is 60.9 Å². The topological polar surface area (TPSA) is 120 Å². The molecule has 0 aliphatic carbocycles. The Kier molecular flexibility index (Phi) is 5.12. The van der Waals surface area contributed by atoms with Crippen molar-refractivity contribution in [1.82, 2.24) is 25.1 Å². The molecule has 4 N–H and O–H groups in total. The van der Waals surface area contributed by atoms with E-state index in [-0.39, 0.29) is 18.3 Å². The zero-order valence-corrected chi connectivity index (χ0v) is 17.5. The summed E-state index contributed by atoms with van der Waals surface area (Å²) >= 11 is 0.